The summed E-state index contributed by atoms with van der Waals surface area (Å²) in [5.41, 5.74) is 1.60. The summed E-state index contributed by atoms with van der Waals surface area (Å²) in [5, 5.41) is 4.19. The van der Waals surface area contributed by atoms with Gasteiger partial charge in [-0.15, -0.1) is 0 Å². The third-order valence-electron chi connectivity index (χ3n) is 2.66. The van der Waals surface area contributed by atoms with Crippen LogP contribution in [-0.4, -0.2) is 18.1 Å². The zero-order valence-electron chi connectivity index (χ0n) is 10.7. The molecule has 96 valence electrons. The normalized spacial score (nSPS) is 10.6. The fourth-order valence-corrected chi connectivity index (χ4v) is 1.83. The number of aromatic nitrogens is 1. The van der Waals surface area contributed by atoms with E-state index in [4.69, 9.17) is 4.74 Å². The number of rotatable bonds is 5. The van der Waals surface area contributed by atoms with Gasteiger partial charge in [0, 0.05) is 29.9 Å². The van der Waals surface area contributed by atoms with E-state index in [1.54, 1.807) is 12.3 Å². The van der Waals surface area contributed by atoms with Gasteiger partial charge < -0.3 is 10.1 Å². The van der Waals surface area contributed by atoms with Crippen molar-refractivity contribution in [2.75, 3.05) is 18.5 Å². The van der Waals surface area contributed by atoms with E-state index in [2.05, 4.69) is 17.2 Å². The van der Waals surface area contributed by atoms with Gasteiger partial charge in [-0.25, -0.2) is 4.39 Å². The van der Waals surface area contributed by atoms with Gasteiger partial charge >= 0.3 is 0 Å². The molecule has 0 aliphatic rings. The van der Waals surface area contributed by atoms with E-state index >= 15 is 0 Å². The molecule has 0 radical (unpaired) electrons. The molecule has 0 spiro atoms. The van der Waals surface area contributed by atoms with Crippen LogP contribution in [0.2, 0.25) is 0 Å². The molecule has 1 N–H and O–H groups in total. The molecule has 2 rings (SSSR count). The number of hydrogen-bond donors (Lipinski definition) is 1. The Labute approximate surface area is 106 Å². The van der Waals surface area contributed by atoms with Crippen LogP contribution in [0.15, 0.2) is 24.4 Å². The van der Waals surface area contributed by atoms with Crippen LogP contribution >= 0.6 is 0 Å². The third kappa shape index (κ3) is 2.53. The van der Waals surface area contributed by atoms with E-state index in [1.807, 2.05) is 13.0 Å². The van der Waals surface area contributed by atoms with Crippen LogP contribution in [0.5, 0.6) is 5.75 Å². The zero-order valence-corrected chi connectivity index (χ0v) is 10.7. The Morgan fingerprint density at radius 3 is 2.89 bits per heavy atom. The van der Waals surface area contributed by atoms with Gasteiger partial charge in [-0.05, 0) is 25.5 Å². The quantitative estimate of drug-likeness (QED) is 0.878. The number of halogens is 1. The second-order valence-corrected chi connectivity index (χ2v) is 4.02. The summed E-state index contributed by atoms with van der Waals surface area (Å²) >= 11 is 0. The highest BCUT2D eigenvalue weighted by Gasteiger charge is 2.09. The molecule has 0 aliphatic heterocycles. The van der Waals surface area contributed by atoms with E-state index in [1.165, 1.54) is 6.07 Å². The van der Waals surface area contributed by atoms with E-state index in [-0.39, 0.29) is 11.6 Å². The molecule has 3 nitrogen and oxygen atoms in total. The van der Waals surface area contributed by atoms with Gasteiger partial charge in [0.25, 0.3) is 0 Å². The highest BCUT2D eigenvalue weighted by atomic mass is 19.1. The maximum atomic E-state index is 13.7. The number of hydrogen-bond acceptors (Lipinski definition) is 3. The molecule has 0 saturated carbocycles. The molecule has 18 heavy (non-hydrogen) atoms. The smallest absolute Gasteiger partial charge is 0.167 e. The summed E-state index contributed by atoms with van der Waals surface area (Å²) in [6, 6.07) is 5.02. The molecule has 2 aromatic rings. The Kier molecular flexibility index (Phi) is 3.97. The average Bonchev–Trinajstić information content (AvgIpc) is 2.37. The van der Waals surface area contributed by atoms with Crippen molar-refractivity contribution < 1.29 is 9.13 Å². The minimum atomic E-state index is -0.371. The Bertz CT molecular complexity index is 543. The first-order valence-electron chi connectivity index (χ1n) is 6.21. The molecule has 4 heteroatoms. The fourth-order valence-electron chi connectivity index (χ4n) is 1.83. The molecule has 1 heterocycles. The average molecular weight is 248 g/mol. The van der Waals surface area contributed by atoms with Crippen molar-refractivity contribution in [3.8, 4) is 5.75 Å². The summed E-state index contributed by atoms with van der Waals surface area (Å²) in [5.74, 6) is -0.0953. The van der Waals surface area contributed by atoms with Crippen molar-refractivity contribution in [1.29, 1.82) is 0 Å². The first kappa shape index (κ1) is 12.6. The molecule has 0 atom stereocenters. The molecule has 0 fully saturated rings. The molecular formula is C14H17FN2O. The summed E-state index contributed by atoms with van der Waals surface area (Å²) in [6.07, 6.45) is 2.71. The molecule has 0 unspecified atom stereocenters. The van der Waals surface area contributed by atoms with E-state index < -0.39 is 0 Å². The number of anilines is 1. The van der Waals surface area contributed by atoms with Crippen LogP contribution in [-0.2, 0) is 0 Å². The second-order valence-electron chi connectivity index (χ2n) is 4.02. The monoisotopic (exact) mass is 248 g/mol. The first-order chi connectivity index (χ1) is 8.76. The number of pyridine rings is 1. The van der Waals surface area contributed by atoms with Crippen LogP contribution in [0.3, 0.4) is 0 Å². The Morgan fingerprint density at radius 2 is 2.17 bits per heavy atom. The maximum absolute atomic E-state index is 13.7. The van der Waals surface area contributed by atoms with Crippen LogP contribution < -0.4 is 10.1 Å². The Balaban J connectivity index is 2.48. The van der Waals surface area contributed by atoms with Crippen molar-refractivity contribution in [3.63, 3.8) is 0 Å². The minimum absolute atomic E-state index is 0.276. The maximum Gasteiger partial charge on any atom is 0.167 e. The van der Waals surface area contributed by atoms with Crippen LogP contribution in [0.4, 0.5) is 10.1 Å². The van der Waals surface area contributed by atoms with Crippen LogP contribution in [0.1, 0.15) is 20.3 Å². The molecule has 0 bridgehead atoms. The van der Waals surface area contributed by atoms with Gasteiger partial charge in [0.15, 0.2) is 11.6 Å². The Hall–Kier alpha value is -1.84. The van der Waals surface area contributed by atoms with Crippen molar-refractivity contribution in [1.82, 2.24) is 4.98 Å². The minimum Gasteiger partial charge on any atom is -0.491 e. The number of fused-ring (bicyclic) bond motifs is 1. The highest BCUT2D eigenvalue weighted by molar-refractivity contribution is 5.92. The lowest BCUT2D eigenvalue weighted by Crippen LogP contribution is -2.01. The lowest BCUT2D eigenvalue weighted by Gasteiger charge is -2.11. The van der Waals surface area contributed by atoms with E-state index in [0.717, 1.165) is 24.0 Å². The fraction of sp³-hybridized carbons (Fsp3) is 0.357. The zero-order chi connectivity index (χ0) is 13.0. The molecule has 0 aliphatic carbocycles. The summed E-state index contributed by atoms with van der Waals surface area (Å²) in [7, 11) is 0. The summed E-state index contributed by atoms with van der Waals surface area (Å²) in [4.78, 5) is 4.18. The predicted molar refractivity (Wildman–Crippen MR) is 71.7 cm³/mol. The topological polar surface area (TPSA) is 34.2 Å². The molecular weight excluding hydrogens is 231 g/mol. The van der Waals surface area contributed by atoms with Gasteiger partial charge in [-0.3, -0.25) is 4.98 Å². The first-order valence-corrected chi connectivity index (χ1v) is 6.21. The number of nitrogens with one attached hydrogen (secondary N) is 1. The third-order valence-corrected chi connectivity index (χ3v) is 2.66. The second kappa shape index (κ2) is 5.67. The lowest BCUT2D eigenvalue weighted by molar-refractivity contribution is 0.322. The van der Waals surface area contributed by atoms with Crippen LogP contribution in [0, 0.1) is 5.82 Å². The van der Waals surface area contributed by atoms with Gasteiger partial charge in [-0.2, -0.15) is 0 Å². The molecule has 0 amide bonds. The van der Waals surface area contributed by atoms with Gasteiger partial charge in [0.05, 0.1) is 12.1 Å². The highest BCUT2D eigenvalue weighted by Crippen LogP contribution is 2.28. The molecule has 0 saturated heterocycles. The molecule has 1 aromatic carbocycles. The standard InChI is InChI=1S/C14H17FN2O/c1-3-6-16-12-5-7-17-13-9-11(15)14(18-4-2)8-10(12)13/h5,7-9H,3-4,6H2,1-2H3,(H,16,17). The van der Waals surface area contributed by atoms with Crippen molar-refractivity contribution >= 4 is 16.6 Å². The van der Waals surface area contributed by atoms with Crippen molar-refractivity contribution in [3.05, 3.63) is 30.2 Å². The SMILES string of the molecule is CCCNc1ccnc2cc(F)c(OCC)cc12. The number of benzene rings is 1. The van der Waals surface area contributed by atoms with Crippen LogP contribution in [0.25, 0.3) is 10.9 Å². The number of nitrogens with zero attached hydrogens (tertiary/aromatic N) is 1. The Morgan fingerprint density at radius 1 is 1.33 bits per heavy atom. The molecule has 1 aromatic heterocycles. The van der Waals surface area contributed by atoms with E-state index in [0.29, 0.717) is 12.1 Å². The number of ether oxygens (including phenoxy) is 1. The largest absolute Gasteiger partial charge is 0.491 e. The van der Waals surface area contributed by atoms with Gasteiger partial charge in [0.2, 0.25) is 0 Å². The predicted octanol–water partition coefficient (Wildman–Crippen LogP) is 3.59. The van der Waals surface area contributed by atoms with E-state index in [9.17, 15) is 4.39 Å². The van der Waals surface area contributed by atoms with Gasteiger partial charge in [-0.1, -0.05) is 6.92 Å². The van der Waals surface area contributed by atoms with Crippen molar-refractivity contribution in [2.45, 2.75) is 20.3 Å². The summed E-state index contributed by atoms with van der Waals surface area (Å²) in [6.45, 7) is 5.26. The summed E-state index contributed by atoms with van der Waals surface area (Å²) < 4.78 is 19.0. The van der Waals surface area contributed by atoms with Crippen molar-refractivity contribution in [2.24, 2.45) is 0 Å². The lowest BCUT2D eigenvalue weighted by atomic mass is 10.1. The van der Waals surface area contributed by atoms with Gasteiger partial charge in [0.1, 0.15) is 0 Å².